The summed E-state index contributed by atoms with van der Waals surface area (Å²) in [5, 5.41) is 10.1. The van der Waals surface area contributed by atoms with Gasteiger partial charge in [-0.2, -0.15) is 0 Å². The lowest BCUT2D eigenvalue weighted by Gasteiger charge is -2.20. The Hall–Kier alpha value is -1.20. The number of nitrogens with zero attached hydrogens (tertiary/aromatic N) is 3. The van der Waals surface area contributed by atoms with E-state index in [9.17, 15) is 4.79 Å². The Kier molecular flexibility index (Phi) is 9.35. The molecule has 2 aromatic heterocycles. The van der Waals surface area contributed by atoms with E-state index in [-0.39, 0.29) is 41.8 Å². The van der Waals surface area contributed by atoms with Crippen molar-refractivity contribution in [1.82, 2.24) is 20.5 Å². The Morgan fingerprint density at radius 1 is 1.41 bits per heavy atom. The van der Waals surface area contributed by atoms with Crippen LogP contribution in [0.1, 0.15) is 30.2 Å². The van der Waals surface area contributed by atoms with Gasteiger partial charge in [0.25, 0.3) is 0 Å². The third-order valence-corrected chi connectivity index (χ3v) is 6.70. The summed E-state index contributed by atoms with van der Waals surface area (Å²) in [7, 11) is 1.79. The highest BCUT2D eigenvalue weighted by molar-refractivity contribution is 14.0. The number of aryl methyl sites for hydroxylation is 1. The number of likely N-dealkylation sites (tertiary alicyclic amines) is 1. The first-order valence-electron chi connectivity index (χ1n) is 9.73. The van der Waals surface area contributed by atoms with E-state index >= 15 is 0 Å². The summed E-state index contributed by atoms with van der Waals surface area (Å²) in [5.41, 5.74) is 1.07. The lowest BCUT2D eigenvalue weighted by molar-refractivity contribution is -0.133. The highest BCUT2D eigenvalue weighted by atomic mass is 127. The van der Waals surface area contributed by atoms with E-state index < -0.39 is 0 Å². The van der Waals surface area contributed by atoms with Crippen LogP contribution in [-0.4, -0.2) is 54.5 Å². The fourth-order valence-corrected chi connectivity index (χ4v) is 4.92. The molecular formula is C20H30IN5OS2. The van der Waals surface area contributed by atoms with Crippen molar-refractivity contribution in [2.75, 3.05) is 26.7 Å². The highest BCUT2D eigenvalue weighted by Crippen LogP contribution is 2.29. The first kappa shape index (κ1) is 24.1. The van der Waals surface area contributed by atoms with Crippen molar-refractivity contribution in [1.29, 1.82) is 0 Å². The van der Waals surface area contributed by atoms with Crippen LogP contribution in [0.3, 0.4) is 0 Å². The van der Waals surface area contributed by atoms with Crippen molar-refractivity contribution in [2.45, 2.75) is 39.7 Å². The van der Waals surface area contributed by atoms with Crippen molar-refractivity contribution >= 4 is 58.5 Å². The number of halogens is 1. The molecule has 9 heteroatoms. The minimum atomic E-state index is 0. The zero-order chi connectivity index (χ0) is 20.1. The van der Waals surface area contributed by atoms with Gasteiger partial charge in [-0.25, -0.2) is 4.98 Å². The first-order chi connectivity index (χ1) is 13.5. The smallest absolute Gasteiger partial charge is 0.225 e. The topological polar surface area (TPSA) is 69.6 Å². The van der Waals surface area contributed by atoms with Gasteiger partial charge < -0.3 is 15.5 Å². The maximum Gasteiger partial charge on any atom is 0.225 e. The van der Waals surface area contributed by atoms with Gasteiger partial charge >= 0.3 is 0 Å². The van der Waals surface area contributed by atoms with E-state index in [0.29, 0.717) is 0 Å². The van der Waals surface area contributed by atoms with Crippen molar-refractivity contribution in [3.05, 3.63) is 27.4 Å². The second-order valence-corrected chi connectivity index (χ2v) is 9.57. The van der Waals surface area contributed by atoms with E-state index in [4.69, 9.17) is 0 Å². The van der Waals surface area contributed by atoms with Gasteiger partial charge in [0, 0.05) is 48.9 Å². The van der Waals surface area contributed by atoms with Crippen LogP contribution in [0, 0.1) is 12.8 Å². The Bertz CT molecular complexity index is 832. The average Bonchev–Trinajstić information content (AvgIpc) is 3.41. The van der Waals surface area contributed by atoms with Gasteiger partial charge in [0.15, 0.2) is 5.96 Å². The summed E-state index contributed by atoms with van der Waals surface area (Å²) in [6.45, 7) is 8.33. The summed E-state index contributed by atoms with van der Waals surface area (Å²) < 4.78 is 0. The second-order valence-electron chi connectivity index (χ2n) is 7.34. The van der Waals surface area contributed by atoms with Crippen molar-refractivity contribution in [2.24, 2.45) is 10.9 Å². The fourth-order valence-electron chi connectivity index (χ4n) is 3.26. The zero-order valence-corrected chi connectivity index (χ0v) is 21.4. The minimum absolute atomic E-state index is 0. The van der Waals surface area contributed by atoms with Crippen LogP contribution < -0.4 is 10.6 Å². The maximum atomic E-state index is 12.1. The number of thiophene rings is 1. The van der Waals surface area contributed by atoms with E-state index in [1.54, 1.807) is 29.7 Å². The number of hydrogen-bond donors (Lipinski definition) is 2. The molecule has 0 saturated carbocycles. The number of aromatic nitrogens is 1. The Labute approximate surface area is 198 Å². The van der Waals surface area contributed by atoms with Gasteiger partial charge in [-0.15, -0.1) is 46.7 Å². The summed E-state index contributed by atoms with van der Waals surface area (Å²) >= 11 is 3.48. The number of thiazole rings is 1. The number of amides is 1. The van der Waals surface area contributed by atoms with Gasteiger partial charge in [-0.1, -0.05) is 13.8 Å². The number of nitrogens with one attached hydrogen (secondary N) is 2. The monoisotopic (exact) mass is 547 g/mol. The van der Waals surface area contributed by atoms with Crippen molar-refractivity contribution in [3.8, 4) is 10.6 Å². The van der Waals surface area contributed by atoms with Crippen molar-refractivity contribution < 1.29 is 4.79 Å². The van der Waals surface area contributed by atoms with Crippen LogP contribution in [0.25, 0.3) is 10.6 Å². The normalized spacial score (nSPS) is 16.8. The molecule has 1 atom stereocenters. The van der Waals surface area contributed by atoms with Crippen LogP contribution >= 0.6 is 46.7 Å². The van der Waals surface area contributed by atoms with Crippen LogP contribution in [0.15, 0.2) is 22.5 Å². The molecule has 1 amide bonds. The van der Waals surface area contributed by atoms with Crippen LogP contribution in [0.2, 0.25) is 0 Å². The molecule has 29 heavy (non-hydrogen) atoms. The van der Waals surface area contributed by atoms with Gasteiger partial charge in [0.2, 0.25) is 5.91 Å². The van der Waals surface area contributed by atoms with Gasteiger partial charge in [-0.3, -0.25) is 9.79 Å². The van der Waals surface area contributed by atoms with Crippen LogP contribution in [-0.2, 0) is 11.2 Å². The molecule has 0 radical (unpaired) electrons. The third-order valence-electron chi connectivity index (χ3n) is 4.76. The van der Waals surface area contributed by atoms with E-state index in [0.717, 1.165) is 49.1 Å². The lowest BCUT2D eigenvalue weighted by atomic mass is 10.2. The third kappa shape index (κ3) is 6.65. The number of carbonyl (C=O) groups is 1. The second kappa shape index (κ2) is 11.3. The molecule has 1 unspecified atom stereocenters. The molecule has 2 aromatic rings. The molecule has 0 spiro atoms. The molecule has 2 N–H and O–H groups in total. The standard InChI is InChI=1S/C20H29N5OS2.HI/c1-13(2)19(26)25-10-8-15(11-25)24-20(21-4)22-9-7-16-5-6-18(28-16)17-12-27-14(3)23-17;/h5-6,12-13,15H,7-11H2,1-4H3,(H2,21,22,24);1H. The number of rotatable bonds is 6. The quantitative estimate of drug-likeness (QED) is 0.329. The summed E-state index contributed by atoms with van der Waals surface area (Å²) in [6.07, 6.45) is 1.90. The molecule has 1 aliphatic heterocycles. The maximum absolute atomic E-state index is 12.1. The van der Waals surface area contributed by atoms with E-state index in [2.05, 4.69) is 38.1 Å². The molecule has 0 aliphatic carbocycles. The molecule has 0 aromatic carbocycles. The molecule has 1 saturated heterocycles. The van der Waals surface area contributed by atoms with Crippen LogP contribution in [0.4, 0.5) is 0 Å². The molecule has 0 bridgehead atoms. The molecule has 6 nitrogen and oxygen atoms in total. The summed E-state index contributed by atoms with van der Waals surface area (Å²) in [5.74, 6) is 1.09. The van der Waals surface area contributed by atoms with Gasteiger partial charge in [0.05, 0.1) is 15.6 Å². The Morgan fingerprint density at radius 2 is 2.21 bits per heavy atom. The number of carbonyl (C=O) groups excluding carboxylic acids is 1. The SMILES string of the molecule is CN=C(NCCc1ccc(-c2csc(C)n2)s1)NC1CCN(C(=O)C(C)C)C1.I. The zero-order valence-electron chi connectivity index (χ0n) is 17.4. The first-order valence-corrected chi connectivity index (χ1v) is 11.4. The molecule has 3 heterocycles. The number of aliphatic imine (C=N–C) groups is 1. The molecule has 1 fully saturated rings. The molecular weight excluding hydrogens is 517 g/mol. The predicted octanol–water partition coefficient (Wildman–Crippen LogP) is 3.76. The summed E-state index contributed by atoms with van der Waals surface area (Å²) in [6, 6.07) is 4.59. The highest BCUT2D eigenvalue weighted by Gasteiger charge is 2.27. The molecule has 1 aliphatic rings. The van der Waals surface area contributed by atoms with Crippen LogP contribution in [0.5, 0.6) is 0 Å². The lowest BCUT2D eigenvalue weighted by Crippen LogP contribution is -2.45. The largest absolute Gasteiger partial charge is 0.356 e. The van der Waals surface area contributed by atoms with Gasteiger partial charge in [0.1, 0.15) is 0 Å². The fraction of sp³-hybridized carbons (Fsp3) is 0.550. The van der Waals surface area contributed by atoms with Gasteiger partial charge in [-0.05, 0) is 31.9 Å². The van der Waals surface area contributed by atoms with E-state index in [1.165, 1.54) is 9.75 Å². The minimum Gasteiger partial charge on any atom is -0.356 e. The predicted molar refractivity (Wildman–Crippen MR) is 134 cm³/mol. The average molecular weight is 548 g/mol. The molecule has 3 rings (SSSR count). The molecule has 160 valence electrons. The Morgan fingerprint density at radius 3 is 2.86 bits per heavy atom. The summed E-state index contributed by atoms with van der Waals surface area (Å²) in [4.78, 5) is 25.5. The number of guanidine groups is 1. The van der Waals surface area contributed by atoms with Crippen molar-refractivity contribution in [3.63, 3.8) is 0 Å². The van der Waals surface area contributed by atoms with E-state index in [1.807, 2.05) is 25.7 Å². The number of hydrogen-bond acceptors (Lipinski definition) is 5. The Balaban J connectivity index is 0.00000300.